The third-order valence-electron chi connectivity index (χ3n) is 2.98. The molecule has 2 aromatic rings. The Morgan fingerprint density at radius 3 is 2.53 bits per heavy atom. The fourth-order valence-electron chi connectivity index (χ4n) is 1.64. The monoisotopic (exact) mass is 220 g/mol. The Labute approximate surface area is 94.1 Å². The summed E-state index contributed by atoms with van der Waals surface area (Å²) in [5.74, 6) is 0. The van der Waals surface area contributed by atoms with Crippen LogP contribution >= 0.6 is 11.3 Å². The van der Waals surface area contributed by atoms with E-state index in [4.69, 9.17) is 5.73 Å². The molecule has 0 bridgehead atoms. The molecular formula is C12H16N2S. The largest absolute Gasteiger partial charge is 0.319 e. The molecule has 0 amide bonds. The molecule has 2 nitrogen and oxygen atoms in total. The highest BCUT2D eigenvalue weighted by Crippen LogP contribution is 2.32. The van der Waals surface area contributed by atoms with E-state index in [2.05, 4.69) is 24.9 Å². The number of benzene rings is 1. The van der Waals surface area contributed by atoms with Crippen LogP contribution in [0, 0.1) is 0 Å². The predicted octanol–water partition coefficient (Wildman–Crippen LogP) is 3.27. The van der Waals surface area contributed by atoms with Gasteiger partial charge in [0.15, 0.2) is 0 Å². The summed E-state index contributed by atoms with van der Waals surface area (Å²) in [5.41, 5.74) is 7.15. The standard InChI is InChI=1S/C12H16N2S/c1-3-12(13,4-2)11-14-9-7-5-6-8-10(9)15-11/h5-8H,3-4,13H2,1-2H3. The lowest BCUT2D eigenvalue weighted by atomic mass is 9.95. The first-order valence-corrected chi connectivity index (χ1v) is 6.16. The number of thiazole rings is 1. The Morgan fingerprint density at radius 2 is 1.93 bits per heavy atom. The minimum Gasteiger partial charge on any atom is -0.319 e. The fraction of sp³-hybridized carbons (Fsp3) is 0.417. The van der Waals surface area contributed by atoms with Gasteiger partial charge >= 0.3 is 0 Å². The van der Waals surface area contributed by atoms with Gasteiger partial charge < -0.3 is 5.73 Å². The smallest absolute Gasteiger partial charge is 0.114 e. The average molecular weight is 220 g/mol. The first-order chi connectivity index (χ1) is 7.19. The number of hydrogen-bond acceptors (Lipinski definition) is 3. The second-order valence-corrected chi connectivity index (χ2v) is 4.88. The van der Waals surface area contributed by atoms with Crippen LogP contribution in [-0.4, -0.2) is 4.98 Å². The second kappa shape index (κ2) is 3.91. The van der Waals surface area contributed by atoms with Crippen molar-refractivity contribution in [3.63, 3.8) is 0 Å². The van der Waals surface area contributed by atoms with Crippen LogP contribution in [0.3, 0.4) is 0 Å². The van der Waals surface area contributed by atoms with Gasteiger partial charge in [0.05, 0.1) is 15.8 Å². The molecule has 0 saturated heterocycles. The van der Waals surface area contributed by atoms with Crippen molar-refractivity contribution < 1.29 is 0 Å². The van der Waals surface area contributed by atoms with E-state index in [0.29, 0.717) is 0 Å². The summed E-state index contributed by atoms with van der Waals surface area (Å²) >= 11 is 1.72. The number of hydrogen-bond donors (Lipinski definition) is 1. The van der Waals surface area contributed by atoms with Gasteiger partial charge in [-0.2, -0.15) is 0 Å². The van der Waals surface area contributed by atoms with E-state index in [1.54, 1.807) is 11.3 Å². The normalized spacial score (nSPS) is 12.2. The fourth-order valence-corrected chi connectivity index (χ4v) is 2.85. The lowest BCUT2D eigenvalue weighted by Crippen LogP contribution is -2.34. The SMILES string of the molecule is CCC(N)(CC)c1nc2ccccc2s1. The Kier molecular flexibility index (Phi) is 2.76. The summed E-state index contributed by atoms with van der Waals surface area (Å²) < 4.78 is 1.23. The van der Waals surface area contributed by atoms with Gasteiger partial charge in [-0.1, -0.05) is 26.0 Å². The number of nitrogens with two attached hydrogens (primary N) is 1. The van der Waals surface area contributed by atoms with Crippen molar-refractivity contribution in [3.8, 4) is 0 Å². The molecule has 15 heavy (non-hydrogen) atoms. The van der Waals surface area contributed by atoms with E-state index >= 15 is 0 Å². The molecule has 0 aliphatic carbocycles. The van der Waals surface area contributed by atoms with Crippen LogP contribution in [0.25, 0.3) is 10.2 Å². The lowest BCUT2D eigenvalue weighted by Gasteiger charge is -2.23. The maximum Gasteiger partial charge on any atom is 0.114 e. The molecule has 1 aromatic heterocycles. The first kappa shape index (κ1) is 10.6. The quantitative estimate of drug-likeness (QED) is 0.862. The third-order valence-corrected chi connectivity index (χ3v) is 4.24. The van der Waals surface area contributed by atoms with Crippen molar-refractivity contribution in [1.82, 2.24) is 4.98 Å². The molecule has 80 valence electrons. The van der Waals surface area contributed by atoms with E-state index in [9.17, 15) is 0 Å². The molecule has 0 unspecified atom stereocenters. The van der Waals surface area contributed by atoms with Crippen LogP contribution in [0.5, 0.6) is 0 Å². The molecule has 0 spiro atoms. The molecule has 1 heterocycles. The minimum atomic E-state index is -0.246. The van der Waals surface area contributed by atoms with E-state index < -0.39 is 0 Å². The summed E-state index contributed by atoms with van der Waals surface area (Å²) in [6.07, 6.45) is 1.87. The van der Waals surface area contributed by atoms with Gasteiger partial charge in [-0.05, 0) is 25.0 Å². The number of para-hydroxylation sites is 1. The van der Waals surface area contributed by atoms with Crippen molar-refractivity contribution in [2.45, 2.75) is 32.2 Å². The predicted molar refractivity (Wildman–Crippen MR) is 66.1 cm³/mol. The van der Waals surface area contributed by atoms with Gasteiger partial charge in [-0.3, -0.25) is 0 Å². The number of nitrogens with zero attached hydrogens (tertiary/aromatic N) is 1. The summed E-state index contributed by atoms with van der Waals surface area (Å²) in [5, 5.41) is 1.06. The molecule has 0 aliphatic rings. The molecule has 0 aliphatic heterocycles. The van der Waals surface area contributed by atoms with E-state index in [1.165, 1.54) is 4.70 Å². The van der Waals surface area contributed by atoms with Gasteiger partial charge in [0.1, 0.15) is 5.01 Å². The highest BCUT2D eigenvalue weighted by Gasteiger charge is 2.26. The zero-order valence-electron chi connectivity index (χ0n) is 9.16. The number of rotatable bonds is 3. The van der Waals surface area contributed by atoms with Gasteiger partial charge in [-0.25, -0.2) is 4.98 Å². The lowest BCUT2D eigenvalue weighted by molar-refractivity contribution is 0.411. The zero-order chi connectivity index (χ0) is 10.9. The van der Waals surface area contributed by atoms with Crippen LogP contribution in [0.4, 0.5) is 0 Å². The zero-order valence-corrected chi connectivity index (χ0v) is 9.97. The summed E-state index contributed by atoms with van der Waals surface area (Å²) in [6, 6.07) is 8.20. The Morgan fingerprint density at radius 1 is 1.27 bits per heavy atom. The van der Waals surface area contributed by atoms with Crippen LogP contribution in [0.1, 0.15) is 31.7 Å². The molecule has 3 heteroatoms. The van der Waals surface area contributed by atoms with Crippen molar-refractivity contribution in [3.05, 3.63) is 29.3 Å². The molecule has 0 saturated carbocycles. The van der Waals surface area contributed by atoms with E-state index in [1.807, 2.05) is 18.2 Å². The topological polar surface area (TPSA) is 38.9 Å². The molecule has 2 rings (SSSR count). The van der Waals surface area contributed by atoms with Crippen molar-refractivity contribution in [2.75, 3.05) is 0 Å². The van der Waals surface area contributed by atoms with E-state index in [-0.39, 0.29) is 5.54 Å². The Bertz CT molecular complexity index is 424. The molecular weight excluding hydrogens is 204 g/mol. The Balaban J connectivity index is 2.52. The third kappa shape index (κ3) is 1.77. The van der Waals surface area contributed by atoms with Gasteiger partial charge in [0.2, 0.25) is 0 Å². The number of aromatic nitrogens is 1. The van der Waals surface area contributed by atoms with Crippen LogP contribution in [0.2, 0.25) is 0 Å². The van der Waals surface area contributed by atoms with Gasteiger partial charge in [-0.15, -0.1) is 11.3 Å². The summed E-state index contributed by atoms with van der Waals surface area (Å²) in [4.78, 5) is 4.62. The first-order valence-electron chi connectivity index (χ1n) is 5.34. The molecule has 0 atom stereocenters. The maximum absolute atomic E-state index is 6.33. The maximum atomic E-state index is 6.33. The van der Waals surface area contributed by atoms with Crippen LogP contribution < -0.4 is 5.73 Å². The molecule has 1 aromatic carbocycles. The van der Waals surface area contributed by atoms with Crippen molar-refractivity contribution in [2.24, 2.45) is 5.73 Å². The van der Waals surface area contributed by atoms with Crippen molar-refractivity contribution >= 4 is 21.6 Å². The summed E-state index contributed by atoms with van der Waals surface area (Å²) in [7, 11) is 0. The summed E-state index contributed by atoms with van der Waals surface area (Å²) in [6.45, 7) is 4.24. The van der Waals surface area contributed by atoms with Gasteiger partial charge in [0, 0.05) is 0 Å². The van der Waals surface area contributed by atoms with E-state index in [0.717, 1.165) is 23.4 Å². The van der Waals surface area contributed by atoms with Crippen LogP contribution in [-0.2, 0) is 5.54 Å². The molecule has 0 radical (unpaired) electrons. The van der Waals surface area contributed by atoms with Crippen molar-refractivity contribution in [1.29, 1.82) is 0 Å². The second-order valence-electron chi connectivity index (χ2n) is 3.85. The molecule has 2 N–H and O–H groups in total. The van der Waals surface area contributed by atoms with Crippen LogP contribution in [0.15, 0.2) is 24.3 Å². The highest BCUT2D eigenvalue weighted by atomic mass is 32.1. The highest BCUT2D eigenvalue weighted by molar-refractivity contribution is 7.18. The minimum absolute atomic E-state index is 0.246. The molecule has 0 fully saturated rings. The Hall–Kier alpha value is -0.930. The average Bonchev–Trinajstić information content (AvgIpc) is 2.72. The number of fused-ring (bicyclic) bond motifs is 1. The van der Waals surface area contributed by atoms with Gasteiger partial charge in [0.25, 0.3) is 0 Å².